The smallest absolute Gasteiger partial charge is 0.260 e. The van der Waals surface area contributed by atoms with E-state index in [9.17, 15) is 13.2 Å². The lowest BCUT2D eigenvalue weighted by Gasteiger charge is -2.10. The number of amides is 1. The van der Waals surface area contributed by atoms with Crippen LogP contribution < -0.4 is 5.73 Å². The van der Waals surface area contributed by atoms with Crippen LogP contribution in [0.15, 0.2) is 23.4 Å². The molecule has 0 saturated heterocycles. The van der Waals surface area contributed by atoms with Gasteiger partial charge in [0, 0.05) is 26.7 Å². The lowest BCUT2D eigenvalue weighted by Crippen LogP contribution is -2.23. The Morgan fingerprint density at radius 3 is 2.56 bits per heavy atom. The van der Waals surface area contributed by atoms with E-state index in [0.29, 0.717) is 6.42 Å². The second kappa shape index (κ2) is 5.92. The molecule has 0 spiro atoms. The van der Waals surface area contributed by atoms with Crippen molar-refractivity contribution in [2.45, 2.75) is 17.9 Å². The summed E-state index contributed by atoms with van der Waals surface area (Å²) in [6.07, 6.45) is 4.01. The Bertz CT molecular complexity index is 509. The molecule has 0 saturated carbocycles. The van der Waals surface area contributed by atoms with Gasteiger partial charge in [0.1, 0.15) is 0 Å². The molecule has 99 valence electrons. The van der Waals surface area contributed by atoms with Gasteiger partial charge in [0.25, 0.3) is 10.0 Å². The minimum absolute atomic E-state index is 0.000416. The molecule has 1 aromatic rings. The number of aromatic nitrogens is 1. The molecule has 0 aliphatic carbocycles. The molecular formula is C11H16N3O3S. The van der Waals surface area contributed by atoms with Gasteiger partial charge in [-0.1, -0.05) is 6.07 Å². The Labute approximate surface area is 107 Å². The van der Waals surface area contributed by atoms with Crippen LogP contribution in [-0.2, 0) is 14.8 Å². The number of rotatable bonds is 6. The molecule has 0 bridgehead atoms. The van der Waals surface area contributed by atoms with Crippen LogP contribution in [0.5, 0.6) is 0 Å². The van der Waals surface area contributed by atoms with Crippen LogP contribution in [-0.4, -0.2) is 37.7 Å². The number of carbonyl (C=O) groups is 1. The maximum absolute atomic E-state index is 11.7. The molecule has 1 radical (unpaired) electrons. The van der Waals surface area contributed by atoms with E-state index in [1.165, 1.54) is 26.4 Å². The van der Waals surface area contributed by atoms with Crippen molar-refractivity contribution < 1.29 is 13.2 Å². The van der Waals surface area contributed by atoms with Gasteiger partial charge in [-0.05, 0) is 24.5 Å². The Kier molecular flexibility index (Phi) is 4.80. The predicted octanol–water partition coefficient (Wildman–Crippen LogP) is 0.150. The third-order valence-corrected chi connectivity index (χ3v) is 4.01. The number of carbonyl (C=O) groups excluding carboxylic acids is 1. The highest BCUT2D eigenvalue weighted by Gasteiger charge is 2.18. The molecule has 1 aromatic heterocycles. The zero-order chi connectivity index (χ0) is 13.8. The Hall–Kier alpha value is -1.47. The van der Waals surface area contributed by atoms with E-state index in [-0.39, 0.29) is 17.4 Å². The first-order valence-corrected chi connectivity index (χ1v) is 6.78. The fourth-order valence-electron chi connectivity index (χ4n) is 1.23. The number of hydrogen-bond donors (Lipinski definition) is 1. The number of nitrogens with two attached hydrogens (primary N) is 1. The van der Waals surface area contributed by atoms with Crippen molar-refractivity contribution in [2.75, 3.05) is 14.1 Å². The van der Waals surface area contributed by atoms with Gasteiger partial charge in [-0.3, -0.25) is 4.79 Å². The minimum atomic E-state index is -3.49. The van der Waals surface area contributed by atoms with Crippen LogP contribution in [0.25, 0.3) is 0 Å². The topological polar surface area (TPSA) is 93.4 Å². The first kappa shape index (κ1) is 14.6. The van der Waals surface area contributed by atoms with Gasteiger partial charge in [-0.15, -0.1) is 0 Å². The zero-order valence-corrected chi connectivity index (χ0v) is 11.1. The molecule has 1 amide bonds. The quantitative estimate of drug-likeness (QED) is 0.796. The average molecular weight is 270 g/mol. The zero-order valence-electron chi connectivity index (χ0n) is 10.3. The van der Waals surface area contributed by atoms with Gasteiger partial charge in [-0.25, -0.2) is 17.7 Å². The monoisotopic (exact) mass is 270 g/mol. The van der Waals surface area contributed by atoms with Crippen LogP contribution in [0.4, 0.5) is 0 Å². The Morgan fingerprint density at radius 1 is 1.44 bits per heavy atom. The summed E-state index contributed by atoms with van der Waals surface area (Å²) in [5.41, 5.74) is 5.77. The summed E-state index contributed by atoms with van der Waals surface area (Å²) < 4.78 is 24.6. The van der Waals surface area contributed by atoms with Crippen LogP contribution in [0.3, 0.4) is 0 Å². The standard InChI is InChI=1S/C11H16N3O3S/c1-14(2)18(16,17)11-7-6-9(8-13-11)4-3-5-10(12)15/h4,6-8H,3,5H2,1-2H3,(H2,12,15). The molecule has 2 N–H and O–H groups in total. The SMILES string of the molecule is CN(C)S(=O)(=O)c1ccc([CH]CCC(N)=O)cn1. The summed E-state index contributed by atoms with van der Waals surface area (Å²) in [6, 6.07) is 3.08. The fourth-order valence-corrected chi connectivity index (χ4v) is 2.03. The summed E-state index contributed by atoms with van der Waals surface area (Å²) in [6.45, 7) is 0. The number of sulfonamides is 1. The van der Waals surface area contributed by atoms with Crippen LogP contribution in [0, 0.1) is 6.42 Å². The third-order valence-electron chi connectivity index (χ3n) is 2.28. The van der Waals surface area contributed by atoms with Crippen molar-refractivity contribution >= 4 is 15.9 Å². The molecule has 0 aliphatic heterocycles. The van der Waals surface area contributed by atoms with E-state index in [0.717, 1.165) is 9.87 Å². The largest absolute Gasteiger partial charge is 0.370 e. The second-order valence-corrected chi connectivity index (χ2v) is 6.03. The van der Waals surface area contributed by atoms with Crippen LogP contribution in [0.2, 0.25) is 0 Å². The van der Waals surface area contributed by atoms with Gasteiger partial charge in [-0.2, -0.15) is 0 Å². The maximum Gasteiger partial charge on any atom is 0.260 e. The van der Waals surface area contributed by atoms with Crippen LogP contribution >= 0.6 is 0 Å². The van der Waals surface area contributed by atoms with Gasteiger partial charge < -0.3 is 5.73 Å². The highest BCUT2D eigenvalue weighted by Crippen LogP contribution is 2.12. The molecule has 0 aromatic carbocycles. The molecule has 0 aliphatic rings. The summed E-state index contributed by atoms with van der Waals surface area (Å²) in [7, 11) is -0.597. The summed E-state index contributed by atoms with van der Waals surface area (Å²) >= 11 is 0. The average Bonchev–Trinajstić information content (AvgIpc) is 2.29. The molecule has 1 rings (SSSR count). The van der Waals surface area contributed by atoms with Crippen molar-refractivity contribution in [3.63, 3.8) is 0 Å². The lowest BCUT2D eigenvalue weighted by molar-refractivity contribution is -0.117. The van der Waals surface area contributed by atoms with Gasteiger partial charge in [0.2, 0.25) is 5.91 Å². The fraction of sp³-hybridized carbons (Fsp3) is 0.364. The van der Waals surface area contributed by atoms with Crippen molar-refractivity contribution in [3.05, 3.63) is 30.3 Å². The predicted molar refractivity (Wildman–Crippen MR) is 66.9 cm³/mol. The number of primary amides is 1. The first-order valence-electron chi connectivity index (χ1n) is 5.34. The molecular weight excluding hydrogens is 254 g/mol. The van der Waals surface area contributed by atoms with E-state index in [4.69, 9.17) is 5.73 Å². The summed E-state index contributed by atoms with van der Waals surface area (Å²) in [5, 5.41) is -0.000416. The Balaban J connectivity index is 2.72. The molecule has 0 fully saturated rings. The van der Waals surface area contributed by atoms with E-state index in [1.807, 2.05) is 0 Å². The first-order chi connectivity index (χ1) is 8.34. The molecule has 1 heterocycles. The number of nitrogens with zero attached hydrogens (tertiary/aromatic N) is 2. The summed E-state index contributed by atoms with van der Waals surface area (Å²) in [5.74, 6) is -0.369. The van der Waals surface area contributed by atoms with E-state index >= 15 is 0 Å². The molecule has 7 heteroatoms. The minimum Gasteiger partial charge on any atom is -0.370 e. The van der Waals surface area contributed by atoms with Crippen molar-refractivity contribution in [2.24, 2.45) is 5.73 Å². The lowest BCUT2D eigenvalue weighted by atomic mass is 10.1. The third kappa shape index (κ3) is 3.78. The second-order valence-electron chi connectivity index (χ2n) is 3.93. The number of pyridine rings is 1. The highest BCUT2D eigenvalue weighted by molar-refractivity contribution is 7.89. The highest BCUT2D eigenvalue weighted by atomic mass is 32.2. The van der Waals surface area contributed by atoms with Crippen LogP contribution in [0.1, 0.15) is 18.4 Å². The number of hydrogen-bond acceptors (Lipinski definition) is 4. The van der Waals surface area contributed by atoms with Gasteiger partial charge in [0.15, 0.2) is 5.03 Å². The Morgan fingerprint density at radius 2 is 2.11 bits per heavy atom. The normalized spacial score (nSPS) is 11.7. The van der Waals surface area contributed by atoms with E-state index in [2.05, 4.69) is 4.98 Å². The molecule has 18 heavy (non-hydrogen) atoms. The summed E-state index contributed by atoms with van der Waals surface area (Å²) in [4.78, 5) is 14.4. The van der Waals surface area contributed by atoms with E-state index < -0.39 is 10.0 Å². The maximum atomic E-state index is 11.7. The molecule has 0 atom stereocenters. The van der Waals surface area contributed by atoms with E-state index in [1.54, 1.807) is 12.5 Å². The van der Waals surface area contributed by atoms with Gasteiger partial charge >= 0.3 is 0 Å². The van der Waals surface area contributed by atoms with Crippen molar-refractivity contribution in [3.8, 4) is 0 Å². The molecule has 0 unspecified atom stereocenters. The van der Waals surface area contributed by atoms with Crippen molar-refractivity contribution in [1.29, 1.82) is 0 Å². The van der Waals surface area contributed by atoms with Crippen molar-refractivity contribution in [1.82, 2.24) is 9.29 Å². The van der Waals surface area contributed by atoms with Gasteiger partial charge in [0.05, 0.1) is 0 Å². The molecule has 6 nitrogen and oxygen atoms in total.